The van der Waals surface area contributed by atoms with Crippen LogP contribution in [0, 0.1) is 0 Å². The van der Waals surface area contributed by atoms with Crippen LogP contribution in [0.1, 0.15) is 79.1 Å². The van der Waals surface area contributed by atoms with Gasteiger partial charge in [0.25, 0.3) is 0 Å². The molecule has 0 amide bonds. The van der Waals surface area contributed by atoms with Crippen LogP contribution < -0.4 is 0 Å². The van der Waals surface area contributed by atoms with Crippen molar-refractivity contribution in [1.29, 1.82) is 0 Å². The van der Waals surface area contributed by atoms with E-state index in [2.05, 4.69) is 6.92 Å². The first kappa shape index (κ1) is 20.1. The van der Waals surface area contributed by atoms with Gasteiger partial charge in [-0.05, 0) is 27.2 Å². The lowest BCUT2D eigenvalue weighted by molar-refractivity contribution is -0.0260. The number of unbranched alkanes of at least 4 members (excludes halogenated alkanes) is 6. The molecule has 0 bridgehead atoms. The van der Waals surface area contributed by atoms with Gasteiger partial charge < -0.3 is 18.1 Å². The van der Waals surface area contributed by atoms with Gasteiger partial charge in [-0.1, -0.05) is 51.9 Å². The van der Waals surface area contributed by atoms with E-state index in [-0.39, 0.29) is 6.10 Å². The average Bonchev–Trinajstić information content (AvgIpc) is 2.38. The molecule has 1 atom stereocenters. The van der Waals surface area contributed by atoms with Crippen LogP contribution in [0.25, 0.3) is 0 Å². The molecule has 0 heterocycles. The molecule has 0 spiro atoms. The van der Waals surface area contributed by atoms with Crippen LogP contribution in [0.5, 0.6) is 0 Å². The summed E-state index contributed by atoms with van der Waals surface area (Å²) in [6.07, 6.45) is 9.93. The van der Waals surface area contributed by atoms with Crippen molar-refractivity contribution in [1.82, 2.24) is 0 Å². The summed E-state index contributed by atoms with van der Waals surface area (Å²) in [6.45, 7) is 8.70. The highest BCUT2D eigenvalue weighted by atomic mass is 28.4. The zero-order chi connectivity index (χ0) is 15.3. The number of hydrogen-bond acceptors (Lipinski definition) is 4. The van der Waals surface area contributed by atoms with Crippen molar-refractivity contribution in [2.45, 2.75) is 85.2 Å². The quantitative estimate of drug-likeness (QED) is 0.389. The maximum absolute atomic E-state index is 10.2. The van der Waals surface area contributed by atoms with Crippen LogP contribution in [-0.2, 0) is 13.3 Å². The van der Waals surface area contributed by atoms with Gasteiger partial charge in [0.15, 0.2) is 0 Å². The van der Waals surface area contributed by atoms with Crippen molar-refractivity contribution < 1.29 is 18.1 Å². The minimum absolute atomic E-state index is 0.0135. The van der Waals surface area contributed by atoms with Crippen LogP contribution in [0.15, 0.2) is 0 Å². The summed E-state index contributed by atoms with van der Waals surface area (Å²) in [4.78, 5) is 10.2. The van der Waals surface area contributed by atoms with Gasteiger partial charge in [0.1, 0.15) is 0 Å². The average molecular weight is 307 g/mol. The topological polar surface area (TPSA) is 47.9 Å². The SMILES string of the molecule is CCCCCCCCCC(C)O[Si](O)(OCC)OCC. The highest BCUT2D eigenvalue weighted by molar-refractivity contribution is 6.51. The summed E-state index contributed by atoms with van der Waals surface area (Å²) in [5.41, 5.74) is 0. The monoisotopic (exact) mass is 306 g/mol. The fourth-order valence-corrected chi connectivity index (χ4v) is 3.75. The van der Waals surface area contributed by atoms with Crippen LogP contribution in [-0.4, -0.2) is 33.2 Å². The fraction of sp³-hybridized carbons (Fsp3) is 1.00. The third kappa shape index (κ3) is 10.8. The molecule has 0 aliphatic heterocycles. The first-order valence-corrected chi connectivity index (χ1v) is 9.93. The van der Waals surface area contributed by atoms with E-state index >= 15 is 0 Å². The smallest absolute Gasteiger partial charge is 0.367 e. The Hall–Kier alpha value is 0.0569. The molecule has 0 aromatic carbocycles. The van der Waals surface area contributed by atoms with E-state index in [4.69, 9.17) is 13.3 Å². The summed E-state index contributed by atoms with van der Waals surface area (Å²) < 4.78 is 16.1. The number of hydrogen-bond donors (Lipinski definition) is 1. The number of rotatable bonds is 14. The van der Waals surface area contributed by atoms with Crippen LogP contribution in [0.4, 0.5) is 0 Å². The second-order valence-electron chi connectivity index (χ2n) is 5.23. The Kier molecular flexibility index (Phi) is 12.8. The molecule has 0 saturated carbocycles. The molecule has 0 saturated heterocycles. The van der Waals surface area contributed by atoms with E-state index in [0.29, 0.717) is 13.2 Å². The molecule has 0 fully saturated rings. The Morgan fingerprint density at radius 3 is 1.85 bits per heavy atom. The largest absolute Gasteiger partial charge is 0.677 e. The van der Waals surface area contributed by atoms with Crippen molar-refractivity contribution in [2.75, 3.05) is 13.2 Å². The van der Waals surface area contributed by atoms with E-state index in [1.165, 1.54) is 38.5 Å². The third-order valence-corrected chi connectivity index (χ3v) is 5.22. The van der Waals surface area contributed by atoms with Crippen molar-refractivity contribution >= 4 is 9.05 Å². The molecule has 0 aromatic heterocycles. The predicted molar refractivity (Wildman–Crippen MR) is 84.4 cm³/mol. The third-order valence-electron chi connectivity index (χ3n) is 3.22. The molecule has 20 heavy (non-hydrogen) atoms. The Morgan fingerprint density at radius 1 is 0.850 bits per heavy atom. The standard InChI is InChI=1S/C15H34O4Si/c1-5-8-9-10-11-12-13-14-15(4)19-20(16,17-6-2)18-7-3/h15-16H,5-14H2,1-4H3. The summed E-state index contributed by atoms with van der Waals surface area (Å²) >= 11 is 0. The zero-order valence-electron chi connectivity index (χ0n) is 13.8. The predicted octanol–water partition coefficient (Wildman–Crippen LogP) is 4.03. The summed E-state index contributed by atoms with van der Waals surface area (Å²) in [5, 5.41) is 0. The van der Waals surface area contributed by atoms with Crippen molar-refractivity contribution in [3.63, 3.8) is 0 Å². The Bertz CT molecular complexity index is 208. The summed E-state index contributed by atoms with van der Waals surface area (Å²) in [6, 6.07) is 0. The molecule has 0 aliphatic rings. The van der Waals surface area contributed by atoms with Crippen molar-refractivity contribution in [3.05, 3.63) is 0 Å². The Balaban J connectivity index is 3.71. The van der Waals surface area contributed by atoms with Gasteiger partial charge in [0.2, 0.25) is 0 Å². The van der Waals surface area contributed by atoms with Crippen LogP contribution in [0.3, 0.4) is 0 Å². The van der Waals surface area contributed by atoms with Gasteiger partial charge in [-0.15, -0.1) is 0 Å². The Morgan fingerprint density at radius 2 is 1.35 bits per heavy atom. The Labute approximate surface area is 126 Å². The van der Waals surface area contributed by atoms with Crippen LogP contribution in [0.2, 0.25) is 0 Å². The van der Waals surface area contributed by atoms with Crippen LogP contribution >= 0.6 is 0 Å². The second kappa shape index (κ2) is 12.8. The highest BCUT2D eigenvalue weighted by Crippen LogP contribution is 2.15. The summed E-state index contributed by atoms with van der Waals surface area (Å²) in [7, 11) is -3.40. The lowest BCUT2D eigenvalue weighted by Crippen LogP contribution is -2.48. The molecule has 122 valence electrons. The van der Waals surface area contributed by atoms with Gasteiger partial charge in [-0.2, -0.15) is 0 Å². The first-order chi connectivity index (χ1) is 9.58. The molecular formula is C15H34O4Si. The van der Waals surface area contributed by atoms with E-state index in [1.807, 2.05) is 20.8 Å². The van der Waals surface area contributed by atoms with E-state index in [9.17, 15) is 4.80 Å². The minimum Gasteiger partial charge on any atom is -0.367 e. The molecule has 5 heteroatoms. The van der Waals surface area contributed by atoms with E-state index in [1.54, 1.807) is 0 Å². The molecule has 0 radical (unpaired) electrons. The van der Waals surface area contributed by atoms with Gasteiger partial charge in [0, 0.05) is 19.3 Å². The lowest BCUT2D eigenvalue weighted by atomic mass is 10.1. The molecule has 0 aliphatic carbocycles. The maximum Gasteiger partial charge on any atom is 0.677 e. The van der Waals surface area contributed by atoms with Gasteiger partial charge >= 0.3 is 9.05 Å². The van der Waals surface area contributed by atoms with E-state index in [0.717, 1.165) is 12.8 Å². The normalized spacial score (nSPS) is 13.7. The lowest BCUT2D eigenvalue weighted by Gasteiger charge is -2.25. The molecule has 4 nitrogen and oxygen atoms in total. The minimum atomic E-state index is -3.40. The highest BCUT2D eigenvalue weighted by Gasteiger charge is 2.42. The first-order valence-electron chi connectivity index (χ1n) is 8.26. The molecule has 1 unspecified atom stereocenters. The fourth-order valence-electron chi connectivity index (χ4n) is 2.18. The second-order valence-corrected chi connectivity index (χ2v) is 7.09. The van der Waals surface area contributed by atoms with Gasteiger partial charge in [-0.3, -0.25) is 0 Å². The van der Waals surface area contributed by atoms with E-state index < -0.39 is 9.05 Å². The molecule has 1 N–H and O–H groups in total. The molecular weight excluding hydrogens is 272 g/mol. The maximum atomic E-state index is 10.2. The van der Waals surface area contributed by atoms with Crippen molar-refractivity contribution in [2.24, 2.45) is 0 Å². The van der Waals surface area contributed by atoms with Gasteiger partial charge in [-0.25, -0.2) is 0 Å². The zero-order valence-corrected chi connectivity index (χ0v) is 14.8. The summed E-state index contributed by atoms with van der Waals surface area (Å²) in [5.74, 6) is 0. The molecule has 0 aromatic rings. The van der Waals surface area contributed by atoms with Gasteiger partial charge in [0.05, 0.1) is 0 Å². The molecule has 0 rings (SSSR count). The van der Waals surface area contributed by atoms with Crippen molar-refractivity contribution in [3.8, 4) is 0 Å².